The van der Waals surface area contributed by atoms with Crippen molar-refractivity contribution in [2.75, 3.05) is 5.32 Å². The molecule has 42 heavy (non-hydrogen) atoms. The Bertz CT molecular complexity index is 1560. The Labute approximate surface area is 270 Å². The number of nitrogens with zero attached hydrogens (tertiary/aromatic N) is 1. The van der Waals surface area contributed by atoms with Gasteiger partial charge in [-0.05, 0) is 46.9 Å². The summed E-state index contributed by atoms with van der Waals surface area (Å²) in [6.07, 6.45) is 1.43. The van der Waals surface area contributed by atoms with E-state index in [1.54, 1.807) is 82.4 Å². The maximum atomic E-state index is 14.0. The van der Waals surface area contributed by atoms with Gasteiger partial charge in [0.05, 0.1) is 5.92 Å². The van der Waals surface area contributed by atoms with Gasteiger partial charge in [-0.1, -0.05) is 78.9 Å². The molecule has 0 spiro atoms. The van der Waals surface area contributed by atoms with Crippen molar-refractivity contribution in [1.82, 2.24) is 4.98 Å². The molecule has 0 radical (unpaired) electrons. The second kappa shape index (κ2) is 15.0. The first-order valence-corrected chi connectivity index (χ1v) is 15.0. The number of anilines is 1. The molecule has 3 aromatic carbocycles. The van der Waals surface area contributed by atoms with Crippen molar-refractivity contribution in [3.8, 4) is 0 Å². The van der Waals surface area contributed by atoms with Crippen molar-refractivity contribution in [1.29, 1.82) is 0 Å². The molecule has 2 atom stereocenters. The van der Waals surface area contributed by atoms with E-state index in [0.717, 1.165) is 11.1 Å². The first-order valence-electron chi connectivity index (χ1n) is 12.9. The molecule has 2 unspecified atom stereocenters. The first-order chi connectivity index (χ1) is 20.2. The number of aromatic nitrogens is 1. The van der Waals surface area contributed by atoms with Crippen LogP contribution in [0.1, 0.15) is 50.0 Å². The number of rotatable bonds is 11. The minimum Gasteiger partial charge on any atom is -0.460 e. The van der Waals surface area contributed by atoms with E-state index in [0.29, 0.717) is 22.3 Å². The number of carbonyl (C=O) groups excluding carboxylic acids is 4. The van der Waals surface area contributed by atoms with Gasteiger partial charge in [-0.2, -0.15) is 0 Å². The molecule has 0 aliphatic carbocycles. The van der Waals surface area contributed by atoms with E-state index in [-0.39, 0.29) is 26.7 Å². The van der Waals surface area contributed by atoms with Crippen LogP contribution in [0.3, 0.4) is 0 Å². The lowest BCUT2D eigenvalue weighted by Crippen LogP contribution is -2.30. The van der Waals surface area contributed by atoms with E-state index in [2.05, 4.69) is 10.3 Å². The van der Waals surface area contributed by atoms with Crippen LogP contribution in [0.2, 0.25) is 0 Å². The van der Waals surface area contributed by atoms with Crippen molar-refractivity contribution in [3.05, 3.63) is 131 Å². The molecule has 1 heterocycles. The number of ether oxygens (including phenoxy) is 2. The van der Waals surface area contributed by atoms with Crippen LogP contribution in [0.15, 0.2) is 97.2 Å². The Morgan fingerprint density at radius 3 is 1.83 bits per heavy atom. The summed E-state index contributed by atoms with van der Waals surface area (Å²) in [5.41, 5.74) is 3.47. The zero-order valence-corrected chi connectivity index (χ0v) is 26.8. The molecule has 0 bridgehead atoms. The van der Waals surface area contributed by atoms with E-state index in [4.69, 9.17) is 9.47 Å². The van der Waals surface area contributed by atoms with Crippen molar-refractivity contribution < 1.29 is 28.7 Å². The van der Waals surface area contributed by atoms with Crippen LogP contribution < -0.4 is 5.32 Å². The first kappa shape index (κ1) is 31.3. The van der Waals surface area contributed by atoms with Gasteiger partial charge in [-0.15, -0.1) is 0 Å². The number of carbonyl (C=O) groups is 4. The van der Waals surface area contributed by atoms with Gasteiger partial charge in [0.25, 0.3) is 3.91 Å². The van der Waals surface area contributed by atoms with E-state index in [9.17, 15) is 19.2 Å². The highest BCUT2D eigenvalue weighted by atomic mass is 127. The number of hydrogen-bond donors (Lipinski definition) is 1. The second-order valence-corrected chi connectivity index (χ2v) is 11.3. The average Bonchev–Trinajstić information content (AvgIpc) is 2.99. The van der Waals surface area contributed by atoms with Crippen LogP contribution in [0.4, 0.5) is 10.6 Å². The monoisotopic (exact) mass is 788 g/mol. The molecule has 214 valence electrons. The third-order valence-electron chi connectivity index (χ3n) is 6.50. The van der Waals surface area contributed by atoms with Gasteiger partial charge in [-0.3, -0.25) is 19.2 Å². The van der Waals surface area contributed by atoms with Crippen LogP contribution in [-0.2, 0) is 32.3 Å². The van der Waals surface area contributed by atoms with Gasteiger partial charge in [-0.25, -0.2) is 4.98 Å². The summed E-state index contributed by atoms with van der Waals surface area (Å²) in [6.45, 7) is 1.78. The highest BCUT2D eigenvalue weighted by Gasteiger charge is 2.40. The topological polar surface area (TPSA) is 112 Å². The molecule has 0 saturated carbocycles. The van der Waals surface area contributed by atoms with Crippen LogP contribution in [0, 0.1) is 6.92 Å². The summed E-state index contributed by atoms with van der Waals surface area (Å²) in [7, 11) is 0. The number of amides is 1. The molecular formula is C32H26I2N2O6. The van der Waals surface area contributed by atoms with Crippen molar-refractivity contribution in [2.45, 2.75) is 32.0 Å². The number of aryl methyl sites for hydroxylation is 1. The third kappa shape index (κ3) is 8.44. The van der Waals surface area contributed by atoms with Crippen LogP contribution in [0.5, 0.6) is 0 Å². The summed E-state index contributed by atoms with van der Waals surface area (Å²) in [4.78, 5) is 56.0. The molecule has 4 rings (SSSR count). The zero-order valence-electron chi connectivity index (χ0n) is 22.5. The molecule has 8 nitrogen and oxygen atoms in total. The molecule has 0 aliphatic rings. The normalized spacial score (nSPS) is 12.1. The SMILES string of the molecule is Cc1ccc(C(=O)I)cc1C(C(=O)OCc1ccccc1)C(C(=O)OCc1ccccc1)c1ccc(NC(=O)I)nc1. The van der Waals surface area contributed by atoms with Crippen LogP contribution in [-0.4, -0.2) is 24.6 Å². The number of hydrogen-bond acceptors (Lipinski definition) is 7. The summed E-state index contributed by atoms with van der Waals surface area (Å²) in [5.74, 6) is -3.39. The molecule has 1 amide bonds. The average molecular weight is 788 g/mol. The fourth-order valence-electron chi connectivity index (χ4n) is 4.41. The summed E-state index contributed by atoms with van der Waals surface area (Å²) in [6, 6.07) is 26.6. The lowest BCUT2D eigenvalue weighted by Gasteiger charge is -2.27. The Morgan fingerprint density at radius 1 is 0.762 bits per heavy atom. The molecular weight excluding hydrogens is 762 g/mol. The Morgan fingerprint density at radius 2 is 1.33 bits per heavy atom. The predicted octanol–water partition coefficient (Wildman–Crippen LogP) is 7.29. The van der Waals surface area contributed by atoms with Crippen molar-refractivity contribution in [3.63, 3.8) is 0 Å². The minimum absolute atomic E-state index is 0.00914. The zero-order chi connectivity index (χ0) is 30.1. The van der Waals surface area contributed by atoms with Crippen molar-refractivity contribution in [2.24, 2.45) is 0 Å². The lowest BCUT2D eigenvalue weighted by molar-refractivity contribution is -0.155. The van der Waals surface area contributed by atoms with Gasteiger partial charge in [0.1, 0.15) is 24.9 Å². The number of nitrogens with one attached hydrogen (secondary N) is 1. The van der Waals surface area contributed by atoms with E-state index < -0.39 is 23.8 Å². The Hall–Kier alpha value is -3.65. The lowest BCUT2D eigenvalue weighted by atomic mass is 9.79. The molecule has 10 heteroatoms. The smallest absolute Gasteiger partial charge is 0.315 e. The number of esters is 2. The minimum atomic E-state index is -1.17. The number of pyridine rings is 1. The van der Waals surface area contributed by atoms with E-state index >= 15 is 0 Å². The predicted molar refractivity (Wildman–Crippen MR) is 175 cm³/mol. The van der Waals surface area contributed by atoms with Crippen LogP contribution in [0.25, 0.3) is 0 Å². The van der Waals surface area contributed by atoms with Gasteiger partial charge in [0.2, 0.25) is 3.79 Å². The van der Waals surface area contributed by atoms with Gasteiger partial charge >= 0.3 is 11.9 Å². The highest BCUT2D eigenvalue weighted by Crippen LogP contribution is 2.38. The summed E-state index contributed by atoms with van der Waals surface area (Å²) in [5, 5.41) is 2.59. The standard InChI is InChI=1S/C32H26I2N2O6/c1-20-12-13-23(29(33)37)16-25(20)28(31(39)42-19-22-10-6-3-7-11-22)27(24-14-15-26(35-17-24)36-32(34)40)30(38)41-18-21-8-4-2-5-9-21/h2-17,27-28H,18-19H2,1H3,(H,35,36,40). The van der Waals surface area contributed by atoms with Crippen LogP contribution >= 0.6 is 45.2 Å². The Kier molecular flexibility index (Phi) is 11.2. The van der Waals surface area contributed by atoms with Gasteiger partial charge in [0, 0.05) is 56.9 Å². The second-order valence-electron chi connectivity index (χ2n) is 9.36. The molecule has 0 fully saturated rings. The maximum Gasteiger partial charge on any atom is 0.315 e. The van der Waals surface area contributed by atoms with Crippen molar-refractivity contribution >= 4 is 70.6 Å². The maximum absolute atomic E-state index is 14.0. The largest absolute Gasteiger partial charge is 0.460 e. The highest BCUT2D eigenvalue weighted by molar-refractivity contribution is 14.1. The molecule has 0 saturated heterocycles. The van der Waals surface area contributed by atoms with Gasteiger partial charge in [0.15, 0.2) is 0 Å². The summed E-state index contributed by atoms with van der Waals surface area (Å²) < 4.78 is 11.0. The Balaban J connectivity index is 1.79. The third-order valence-corrected chi connectivity index (χ3v) is 7.39. The molecule has 1 N–H and O–H groups in total. The van der Waals surface area contributed by atoms with E-state index in [1.807, 2.05) is 60.7 Å². The molecule has 1 aromatic heterocycles. The fourth-order valence-corrected chi connectivity index (χ4v) is 5.02. The summed E-state index contributed by atoms with van der Waals surface area (Å²) >= 11 is 3.28. The quantitative estimate of drug-likeness (QED) is 0.0736. The van der Waals surface area contributed by atoms with Gasteiger partial charge < -0.3 is 14.8 Å². The number of halogens is 2. The van der Waals surface area contributed by atoms with E-state index in [1.165, 1.54) is 6.20 Å². The molecule has 0 aliphatic heterocycles. The number of benzene rings is 3. The molecule has 4 aromatic rings. The fraction of sp³-hybridized carbons (Fsp3) is 0.156.